The van der Waals surface area contributed by atoms with Gasteiger partial charge in [0.05, 0.1) is 12.8 Å². The second-order valence-electron chi connectivity index (χ2n) is 6.39. The Labute approximate surface area is 160 Å². The minimum atomic E-state index is 0.776. The summed E-state index contributed by atoms with van der Waals surface area (Å²) in [4.78, 5) is 18.0. The fraction of sp³-hybridized carbons (Fsp3) is 0.526. The van der Waals surface area contributed by atoms with Gasteiger partial charge in [-0.1, -0.05) is 0 Å². The first-order valence-corrected chi connectivity index (χ1v) is 9.64. The predicted molar refractivity (Wildman–Crippen MR) is 107 cm³/mol. The maximum absolute atomic E-state index is 5.36. The summed E-state index contributed by atoms with van der Waals surface area (Å²) in [5.41, 5.74) is 0. The molecule has 1 fully saturated rings. The summed E-state index contributed by atoms with van der Waals surface area (Å²) < 4.78 is 5.36. The summed E-state index contributed by atoms with van der Waals surface area (Å²) in [5.74, 6) is 2.67. The molecule has 8 heteroatoms. The standard InChI is InChI=1S/C19H29N7O/c1-2-20-18(21-9-6-17-5-3-16-27-17)22-10-11-25-12-14-26(15-13-25)19-23-7-4-8-24-19/h3-5,7-8,16H,2,6,9-15H2,1H3,(H2,20,21,22). The molecule has 2 N–H and O–H groups in total. The van der Waals surface area contributed by atoms with Crippen molar-refractivity contribution in [3.63, 3.8) is 0 Å². The molecule has 27 heavy (non-hydrogen) atoms. The van der Waals surface area contributed by atoms with Crippen LogP contribution >= 0.6 is 0 Å². The van der Waals surface area contributed by atoms with E-state index in [1.165, 1.54) is 0 Å². The number of hydrogen-bond acceptors (Lipinski definition) is 6. The summed E-state index contributed by atoms with van der Waals surface area (Å²) in [6.45, 7) is 9.39. The van der Waals surface area contributed by atoms with Crippen LogP contribution in [0.4, 0.5) is 5.95 Å². The molecule has 1 aliphatic rings. The Morgan fingerprint density at radius 1 is 1.15 bits per heavy atom. The number of anilines is 1. The third kappa shape index (κ3) is 6.25. The van der Waals surface area contributed by atoms with E-state index in [2.05, 4.69) is 42.3 Å². The molecule has 0 atom stereocenters. The molecule has 0 aliphatic carbocycles. The van der Waals surface area contributed by atoms with E-state index in [0.717, 1.165) is 76.4 Å². The lowest BCUT2D eigenvalue weighted by Gasteiger charge is -2.34. The second-order valence-corrected chi connectivity index (χ2v) is 6.39. The van der Waals surface area contributed by atoms with Gasteiger partial charge in [0.1, 0.15) is 5.76 Å². The highest BCUT2D eigenvalue weighted by Gasteiger charge is 2.18. The first-order chi connectivity index (χ1) is 13.3. The van der Waals surface area contributed by atoms with Gasteiger partial charge >= 0.3 is 0 Å². The van der Waals surface area contributed by atoms with E-state index in [0.29, 0.717) is 0 Å². The van der Waals surface area contributed by atoms with Crippen molar-refractivity contribution in [2.24, 2.45) is 4.99 Å². The topological polar surface area (TPSA) is 81.8 Å². The van der Waals surface area contributed by atoms with Gasteiger partial charge in [0, 0.05) is 64.6 Å². The number of nitrogens with one attached hydrogen (secondary N) is 2. The molecule has 146 valence electrons. The molecule has 3 rings (SSSR count). The highest BCUT2D eigenvalue weighted by Crippen LogP contribution is 2.09. The number of aliphatic imine (C=N–C) groups is 1. The quantitative estimate of drug-likeness (QED) is 0.529. The molecule has 1 saturated heterocycles. The molecular weight excluding hydrogens is 342 g/mol. The maximum Gasteiger partial charge on any atom is 0.225 e. The average Bonchev–Trinajstić information content (AvgIpc) is 3.23. The number of hydrogen-bond donors (Lipinski definition) is 2. The van der Waals surface area contributed by atoms with Gasteiger partial charge in [0.25, 0.3) is 0 Å². The monoisotopic (exact) mass is 371 g/mol. The van der Waals surface area contributed by atoms with Crippen LogP contribution in [0.5, 0.6) is 0 Å². The predicted octanol–water partition coefficient (Wildman–Crippen LogP) is 0.989. The summed E-state index contributed by atoms with van der Waals surface area (Å²) in [6.07, 6.45) is 6.15. The van der Waals surface area contributed by atoms with Gasteiger partial charge in [-0.25, -0.2) is 9.97 Å². The van der Waals surface area contributed by atoms with Crippen molar-refractivity contribution in [1.82, 2.24) is 25.5 Å². The van der Waals surface area contributed by atoms with E-state index in [1.54, 1.807) is 18.7 Å². The Balaban J connectivity index is 1.37. The summed E-state index contributed by atoms with van der Waals surface area (Å²) >= 11 is 0. The van der Waals surface area contributed by atoms with E-state index >= 15 is 0 Å². The third-order valence-corrected chi connectivity index (χ3v) is 4.48. The summed E-state index contributed by atoms with van der Waals surface area (Å²) in [6, 6.07) is 5.76. The van der Waals surface area contributed by atoms with Crippen LogP contribution in [0, 0.1) is 0 Å². The largest absolute Gasteiger partial charge is 0.469 e. The zero-order valence-corrected chi connectivity index (χ0v) is 16.0. The maximum atomic E-state index is 5.36. The van der Waals surface area contributed by atoms with Gasteiger partial charge in [-0.3, -0.25) is 9.89 Å². The van der Waals surface area contributed by atoms with Crippen LogP contribution < -0.4 is 15.5 Å². The van der Waals surface area contributed by atoms with Crippen molar-refractivity contribution < 1.29 is 4.42 Å². The van der Waals surface area contributed by atoms with Crippen LogP contribution in [0.25, 0.3) is 0 Å². The lowest BCUT2D eigenvalue weighted by Crippen LogP contribution is -2.47. The van der Waals surface area contributed by atoms with Gasteiger partial charge in [-0.05, 0) is 25.1 Å². The van der Waals surface area contributed by atoms with Crippen molar-refractivity contribution in [1.29, 1.82) is 0 Å². The molecule has 2 aromatic heterocycles. The van der Waals surface area contributed by atoms with Crippen molar-refractivity contribution in [3.05, 3.63) is 42.6 Å². The van der Waals surface area contributed by atoms with E-state index in [-0.39, 0.29) is 0 Å². The van der Waals surface area contributed by atoms with E-state index in [1.807, 2.05) is 18.2 Å². The molecule has 1 aliphatic heterocycles. The van der Waals surface area contributed by atoms with Gasteiger partial charge in [0.2, 0.25) is 5.95 Å². The van der Waals surface area contributed by atoms with Crippen LogP contribution in [-0.2, 0) is 6.42 Å². The summed E-state index contributed by atoms with van der Waals surface area (Å²) in [5, 5.41) is 6.65. The Bertz CT molecular complexity index is 667. The normalized spacial score (nSPS) is 15.7. The highest BCUT2D eigenvalue weighted by molar-refractivity contribution is 5.79. The van der Waals surface area contributed by atoms with Crippen molar-refractivity contribution in [3.8, 4) is 0 Å². The number of furan rings is 1. The fourth-order valence-electron chi connectivity index (χ4n) is 3.03. The molecule has 0 unspecified atom stereocenters. The zero-order valence-electron chi connectivity index (χ0n) is 16.0. The molecular formula is C19H29N7O. The van der Waals surface area contributed by atoms with Gasteiger partial charge in [-0.2, -0.15) is 0 Å². The first-order valence-electron chi connectivity index (χ1n) is 9.64. The molecule has 3 heterocycles. The minimum absolute atomic E-state index is 0.776. The fourth-order valence-corrected chi connectivity index (χ4v) is 3.03. The molecule has 0 radical (unpaired) electrons. The Morgan fingerprint density at radius 3 is 2.67 bits per heavy atom. The first kappa shape index (κ1) is 19.2. The van der Waals surface area contributed by atoms with E-state index < -0.39 is 0 Å². The van der Waals surface area contributed by atoms with Crippen LogP contribution in [0.2, 0.25) is 0 Å². The van der Waals surface area contributed by atoms with Crippen LogP contribution in [0.3, 0.4) is 0 Å². The molecule has 2 aromatic rings. The van der Waals surface area contributed by atoms with Crippen molar-refractivity contribution in [2.75, 3.05) is 57.3 Å². The highest BCUT2D eigenvalue weighted by atomic mass is 16.3. The molecule has 0 spiro atoms. The van der Waals surface area contributed by atoms with Gasteiger partial charge < -0.3 is 20.0 Å². The smallest absolute Gasteiger partial charge is 0.225 e. The van der Waals surface area contributed by atoms with Gasteiger partial charge in [0.15, 0.2) is 5.96 Å². The summed E-state index contributed by atoms with van der Waals surface area (Å²) in [7, 11) is 0. The lowest BCUT2D eigenvalue weighted by molar-refractivity contribution is 0.263. The lowest BCUT2D eigenvalue weighted by atomic mass is 10.3. The van der Waals surface area contributed by atoms with E-state index in [9.17, 15) is 0 Å². The van der Waals surface area contributed by atoms with E-state index in [4.69, 9.17) is 4.42 Å². The van der Waals surface area contributed by atoms with Crippen LogP contribution in [0.15, 0.2) is 46.3 Å². The Hall–Kier alpha value is -2.61. The number of nitrogens with zero attached hydrogens (tertiary/aromatic N) is 5. The number of rotatable bonds is 8. The molecule has 0 aromatic carbocycles. The Kier molecular flexibility index (Phi) is 7.46. The van der Waals surface area contributed by atoms with Crippen LogP contribution in [0.1, 0.15) is 12.7 Å². The number of piperazine rings is 1. The van der Waals surface area contributed by atoms with Crippen molar-refractivity contribution >= 4 is 11.9 Å². The third-order valence-electron chi connectivity index (χ3n) is 4.48. The van der Waals surface area contributed by atoms with Crippen molar-refractivity contribution in [2.45, 2.75) is 13.3 Å². The van der Waals surface area contributed by atoms with Crippen LogP contribution in [-0.4, -0.2) is 73.2 Å². The SMILES string of the molecule is CCNC(=NCCN1CCN(c2ncccn2)CC1)NCCc1ccco1. The molecule has 0 amide bonds. The van der Waals surface area contributed by atoms with Gasteiger partial charge in [-0.15, -0.1) is 0 Å². The molecule has 8 nitrogen and oxygen atoms in total. The minimum Gasteiger partial charge on any atom is -0.469 e. The number of aromatic nitrogens is 2. The molecule has 0 saturated carbocycles. The number of guanidine groups is 1. The molecule has 0 bridgehead atoms. The zero-order chi connectivity index (χ0) is 18.7. The average molecular weight is 371 g/mol. The Morgan fingerprint density at radius 2 is 1.96 bits per heavy atom. The second kappa shape index (κ2) is 10.5.